The van der Waals surface area contributed by atoms with Crippen molar-refractivity contribution in [2.75, 3.05) is 11.9 Å². The maximum absolute atomic E-state index is 5.89. The lowest BCUT2D eigenvalue weighted by Crippen LogP contribution is -2.36. The molecule has 4 heteroatoms. The maximum Gasteiger partial charge on any atom is 0.0950 e. The Bertz CT molecular complexity index is 549. The zero-order valence-corrected chi connectivity index (χ0v) is 11.0. The molecule has 0 aliphatic heterocycles. The fraction of sp³-hybridized carbons (Fsp3) is 0.467. The average Bonchev–Trinajstić information content (AvgIpc) is 2.48. The predicted molar refractivity (Wildman–Crippen MR) is 78.0 cm³/mol. The third-order valence-electron chi connectivity index (χ3n) is 4.10. The van der Waals surface area contributed by atoms with Crippen molar-refractivity contribution < 1.29 is 0 Å². The number of nitrogens with zero attached hydrogens (tertiary/aromatic N) is 2. The summed E-state index contributed by atoms with van der Waals surface area (Å²) >= 11 is 0. The highest BCUT2D eigenvalue weighted by molar-refractivity contribution is 5.90. The quantitative estimate of drug-likeness (QED) is 0.886. The number of rotatable bonds is 3. The van der Waals surface area contributed by atoms with Crippen LogP contribution in [0.25, 0.3) is 10.9 Å². The third-order valence-corrected chi connectivity index (χ3v) is 4.10. The lowest BCUT2D eigenvalue weighted by Gasteiger charge is -2.32. The zero-order valence-electron chi connectivity index (χ0n) is 11.0. The van der Waals surface area contributed by atoms with Crippen LogP contribution in [0.15, 0.2) is 30.5 Å². The van der Waals surface area contributed by atoms with E-state index in [-0.39, 0.29) is 0 Å². The Kier molecular flexibility index (Phi) is 3.60. The topological polar surface area (TPSA) is 63.8 Å². The van der Waals surface area contributed by atoms with Crippen molar-refractivity contribution in [3.63, 3.8) is 0 Å². The number of anilines is 1. The van der Waals surface area contributed by atoms with Gasteiger partial charge in [-0.1, -0.05) is 31.0 Å². The summed E-state index contributed by atoms with van der Waals surface area (Å²) in [5, 5.41) is 13.0. The number of hydrogen-bond donors (Lipinski definition) is 2. The van der Waals surface area contributed by atoms with E-state index in [1.54, 1.807) is 0 Å². The summed E-state index contributed by atoms with van der Waals surface area (Å²) in [4.78, 5) is 0. The maximum atomic E-state index is 5.89. The van der Waals surface area contributed by atoms with Crippen molar-refractivity contribution in [3.05, 3.63) is 30.5 Å². The van der Waals surface area contributed by atoms with Crippen LogP contribution < -0.4 is 11.1 Å². The Labute approximate surface area is 113 Å². The first kappa shape index (κ1) is 12.4. The standard InChI is InChI=1S/C15H20N4/c16-9-11-5-1-3-7-13(11)18-15-10-17-19-14-8-4-2-6-12(14)15/h2,4,6,8,10-11,13H,1,3,5,7,9,16H2,(H,18,19). The Morgan fingerprint density at radius 2 is 2.05 bits per heavy atom. The molecule has 2 atom stereocenters. The largest absolute Gasteiger partial charge is 0.380 e. The highest BCUT2D eigenvalue weighted by Gasteiger charge is 2.24. The van der Waals surface area contributed by atoms with Gasteiger partial charge in [0.15, 0.2) is 0 Å². The summed E-state index contributed by atoms with van der Waals surface area (Å²) in [6.45, 7) is 0.758. The van der Waals surface area contributed by atoms with Crippen molar-refractivity contribution in [2.45, 2.75) is 31.7 Å². The molecule has 1 aromatic heterocycles. The molecule has 3 N–H and O–H groups in total. The molecular formula is C15H20N4. The van der Waals surface area contributed by atoms with Crippen LogP contribution in [-0.2, 0) is 0 Å². The van der Waals surface area contributed by atoms with Gasteiger partial charge in [0.2, 0.25) is 0 Å². The highest BCUT2D eigenvalue weighted by Crippen LogP contribution is 2.28. The van der Waals surface area contributed by atoms with Crippen molar-refractivity contribution in [2.24, 2.45) is 11.7 Å². The molecular weight excluding hydrogens is 236 g/mol. The highest BCUT2D eigenvalue weighted by atomic mass is 15.1. The summed E-state index contributed by atoms with van der Waals surface area (Å²) in [6.07, 6.45) is 6.83. The van der Waals surface area contributed by atoms with E-state index in [1.807, 2.05) is 24.4 Å². The van der Waals surface area contributed by atoms with Crippen LogP contribution in [0.3, 0.4) is 0 Å². The number of nitrogens with two attached hydrogens (primary N) is 1. The van der Waals surface area contributed by atoms with Crippen LogP contribution >= 0.6 is 0 Å². The van der Waals surface area contributed by atoms with E-state index in [1.165, 1.54) is 25.7 Å². The molecule has 3 rings (SSSR count). The Balaban J connectivity index is 1.88. The minimum Gasteiger partial charge on any atom is -0.380 e. The second-order valence-corrected chi connectivity index (χ2v) is 5.31. The Morgan fingerprint density at radius 3 is 2.95 bits per heavy atom. The number of aromatic nitrogens is 2. The molecule has 0 saturated heterocycles. The second-order valence-electron chi connectivity index (χ2n) is 5.31. The van der Waals surface area contributed by atoms with Gasteiger partial charge in [-0.25, -0.2) is 0 Å². The minimum absolute atomic E-state index is 0.464. The molecule has 4 nitrogen and oxygen atoms in total. The molecule has 1 aliphatic carbocycles. The molecule has 1 fully saturated rings. The molecule has 0 bridgehead atoms. The predicted octanol–water partition coefficient (Wildman–Crippen LogP) is 2.56. The van der Waals surface area contributed by atoms with Gasteiger partial charge in [-0.3, -0.25) is 0 Å². The smallest absolute Gasteiger partial charge is 0.0950 e. The third kappa shape index (κ3) is 2.54. The van der Waals surface area contributed by atoms with Gasteiger partial charge in [-0.05, 0) is 31.4 Å². The summed E-state index contributed by atoms with van der Waals surface area (Å²) in [5.74, 6) is 0.570. The molecule has 1 aromatic carbocycles. The van der Waals surface area contributed by atoms with Gasteiger partial charge in [0, 0.05) is 11.4 Å². The molecule has 19 heavy (non-hydrogen) atoms. The molecule has 1 saturated carbocycles. The van der Waals surface area contributed by atoms with E-state index in [0.717, 1.165) is 23.1 Å². The number of benzene rings is 1. The van der Waals surface area contributed by atoms with Crippen LogP contribution in [0.4, 0.5) is 5.69 Å². The van der Waals surface area contributed by atoms with Crippen LogP contribution in [0.1, 0.15) is 25.7 Å². The summed E-state index contributed by atoms with van der Waals surface area (Å²) in [5.41, 5.74) is 7.91. The van der Waals surface area contributed by atoms with Crippen LogP contribution in [-0.4, -0.2) is 22.8 Å². The minimum atomic E-state index is 0.464. The van der Waals surface area contributed by atoms with E-state index in [0.29, 0.717) is 12.0 Å². The van der Waals surface area contributed by atoms with E-state index < -0.39 is 0 Å². The van der Waals surface area contributed by atoms with Gasteiger partial charge in [0.25, 0.3) is 0 Å². The summed E-state index contributed by atoms with van der Waals surface area (Å²) in [7, 11) is 0. The van der Waals surface area contributed by atoms with Crippen molar-refractivity contribution >= 4 is 16.6 Å². The number of fused-ring (bicyclic) bond motifs is 1. The molecule has 1 heterocycles. The zero-order chi connectivity index (χ0) is 13.1. The van der Waals surface area contributed by atoms with Crippen LogP contribution in [0.5, 0.6) is 0 Å². The summed E-state index contributed by atoms with van der Waals surface area (Å²) < 4.78 is 0. The summed E-state index contributed by atoms with van der Waals surface area (Å²) in [6, 6.07) is 8.58. The van der Waals surface area contributed by atoms with Crippen molar-refractivity contribution in [1.29, 1.82) is 0 Å². The van der Waals surface area contributed by atoms with E-state index in [9.17, 15) is 0 Å². The average molecular weight is 256 g/mol. The normalized spacial score (nSPS) is 23.4. The van der Waals surface area contributed by atoms with Gasteiger partial charge >= 0.3 is 0 Å². The van der Waals surface area contributed by atoms with Gasteiger partial charge in [0.1, 0.15) is 0 Å². The fourth-order valence-corrected chi connectivity index (χ4v) is 3.00. The van der Waals surface area contributed by atoms with Gasteiger partial charge in [0.05, 0.1) is 17.4 Å². The number of hydrogen-bond acceptors (Lipinski definition) is 4. The van der Waals surface area contributed by atoms with Crippen LogP contribution in [0.2, 0.25) is 0 Å². The van der Waals surface area contributed by atoms with Gasteiger partial charge < -0.3 is 11.1 Å². The lowest BCUT2D eigenvalue weighted by molar-refractivity contribution is 0.333. The first-order valence-corrected chi connectivity index (χ1v) is 7.05. The first-order chi connectivity index (χ1) is 9.38. The fourth-order valence-electron chi connectivity index (χ4n) is 3.00. The molecule has 0 radical (unpaired) electrons. The SMILES string of the molecule is NCC1CCCCC1Nc1cnnc2ccccc12. The molecule has 2 unspecified atom stereocenters. The monoisotopic (exact) mass is 256 g/mol. The first-order valence-electron chi connectivity index (χ1n) is 7.05. The molecule has 100 valence electrons. The Morgan fingerprint density at radius 1 is 1.21 bits per heavy atom. The van der Waals surface area contributed by atoms with Gasteiger partial charge in [-0.2, -0.15) is 10.2 Å². The van der Waals surface area contributed by atoms with E-state index in [2.05, 4.69) is 21.6 Å². The van der Waals surface area contributed by atoms with Crippen molar-refractivity contribution in [1.82, 2.24) is 10.2 Å². The Hall–Kier alpha value is -1.68. The lowest BCUT2D eigenvalue weighted by atomic mass is 9.84. The molecule has 0 amide bonds. The molecule has 2 aromatic rings. The van der Waals surface area contributed by atoms with E-state index >= 15 is 0 Å². The molecule has 1 aliphatic rings. The second kappa shape index (κ2) is 5.53. The van der Waals surface area contributed by atoms with Crippen LogP contribution in [0, 0.1) is 5.92 Å². The van der Waals surface area contributed by atoms with E-state index in [4.69, 9.17) is 5.73 Å². The van der Waals surface area contributed by atoms with Gasteiger partial charge in [-0.15, -0.1) is 0 Å². The number of nitrogens with one attached hydrogen (secondary N) is 1. The van der Waals surface area contributed by atoms with Crippen molar-refractivity contribution in [3.8, 4) is 0 Å². The molecule has 0 spiro atoms.